The van der Waals surface area contributed by atoms with Crippen LogP contribution in [0.4, 0.5) is 0 Å². The zero-order valence-corrected chi connectivity index (χ0v) is 11.4. The molecule has 4 nitrogen and oxygen atoms in total. The van der Waals surface area contributed by atoms with Gasteiger partial charge < -0.3 is 0 Å². The molecule has 0 unspecified atom stereocenters. The summed E-state index contributed by atoms with van der Waals surface area (Å²) < 4.78 is 3.06. The summed E-state index contributed by atoms with van der Waals surface area (Å²) in [7, 11) is 0. The molecule has 0 saturated heterocycles. The maximum atomic E-state index is 8.84. The van der Waals surface area contributed by atoms with E-state index in [4.69, 9.17) is 5.26 Å². The first-order valence-electron chi connectivity index (χ1n) is 5.29. The summed E-state index contributed by atoms with van der Waals surface area (Å²) in [5.74, 6) is 0.783. The predicted octanol–water partition coefficient (Wildman–Crippen LogP) is 2.87. The molecule has 0 bridgehead atoms. The Balaban J connectivity index is 2.19. The van der Waals surface area contributed by atoms with E-state index in [2.05, 4.69) is 38.9 Å². The topological polar surface area (TPSA) is 54.0 Å². The van der Waals surface area contributed by atoms with E-state index in [0.717, 1.165) is 11.4 Å². The minimum Gasteiger partial charge on any atom is -0.282 e. The van der Waals surface area contributed by atoms with E-state index in [1.807, 2.05) is 34.9 Å². The van der Waals surface area contributed by atoms with E-state index in [1.54, 1.807) is 12.1 Å². The summed E-state index contributed by atoms with van der Waals surface area (Å²) in [6.07, 6.45) is 1.82. The highest BCUT2D eigenvalue weighted by atomic mass is 127. The second-order valence-electron chi connectivity index (χ2n) is 3.79. The fourth-order valence-electron chi connectivity index (χ4n) is 1.76. The highest BCUT2D eigenvalue weighted by molar-refractivity contribution is 14.1. The van der Waals surface area contributed by atoms with Crippen LogP contribution in [0.2, 0.25) is 0 Å². The molecule has 1 aromatic carbocycles. The van der Waals surface area contributed by atoms with Gasteiger partial charge in [-0.3, -0.25) is 4.40 Å². The van der Waals surface area contributed by atoms with E-state index in [-0.39, 0.29) is 0 Å². The van der Waals surface area contributed by atoms with Gasteiger partial charge >= 0.3 is 0 Å². The van der Waals surface area contributed by atoms with Crippen LogP contribution >= 0.6 is 22.6 Å². The Morgan fingerprint density at radius 3 is 2.61 bits per heavy atom. The average Bonchev–Trinajstić information content (AvgIpc) is 2.82. The zero-order valence-electron chi connectivity index (χ0n) is 9.21. The van der Waals surface area contributed by atoms with E-state index >= 15 is 0 Å². The van der Waals surface area contributed by atoms with Crippen LogP contribution in [0.3, 0.4) is 0 Å². The first kappa shape index (κ1) is 11.2. The molecule has 0 aliphatic rings. The van der Waals surface area contributed by atoms with Crippen molar-refractivity contribution in [1.29, 1.82) is 5.26 Å². The van der Waals surface area contributed by atoms with Crippen molar-refractivity contribution in [3.05, 3.63) is 51.7 Å². The van der Waals surface area contributed by atoms with Crippen LogP contribution in [-0.2, 0) is 0 Å². The lowest BCUT2D eigenvalue weighted by atomic mass is 10.2. The van der Waals surface area contributed by atoms with Crippen LogP contribution in [0.5, 0.6) is 0 Å². The number of fused-ring (bicyclic) bond motifs is 1. The first-order chi connectivity index (χ1) is 8.78. The van der Waals surface area contributed by atoms with Gasteiger partial charge in [0.2, 0.25) is 0 Å². The van der Waals surface area contributed by atoms with E-state index in [9.17, 15) is 0 Å². The molecule has 3 aromatic rings. The number of hydrogen-bond acceptors (Lipinski definition) is 3. The zero-order chi connectivity index (χ0) is 12.5. The SMILES string of the molecule is N#Cc1ccn2c(-c3ccc(I)cc3)nnc2c1. The average molecular weight is 346 g/mol. The van der Waals surface area contributed by atoms with Crippen LogP contribution in [-0.4, -0.2) is 14.6 Å². The third-order valence-corrected chi connectivity index (χ3v) is 3.36. The molecule has 0 amide bonds. The van der Waals surface area contributed by atoms with Crippen LogP contribution in [0.25, 0.3) is 17.0 Å². The van der Waals surface area contributed by atoms with Gasteiger partial charge in [-0.2, -0.15) is 5.26 Å². The number of benzene rings is 1. The molecule has 86 valence electrons. The quantitative estimate of drug-likeness (QED) is 0.637. The van der Waals surface area contributed by atoms with Crippen molar-refractivity contribution in [3.8, 4) is 17.5 Å². The Bertz CT molecular complexity index is 753. The van der Waals surface area contributed by atoms with Gasteiger partial charge in [0.05, 0.1) is 11.6 Å². The summed E-state index contributed by atoms with van der Waals surface area (Å²) in [5, 5.41) is 17.1. The van der Waals surface area contributed by atoms with Gasteiger partial charge in [0.15, 0.2) is 11.5 Å². The number of halogens is 1. The van der Waals surface area contributed by atoms with Gasteiger partial charge in [0.1, 0.15) is 0 Å². The number of hydrogen-bond donors (Lipinski definition) is 0. The maximum absolute atomic E-state index is 8.84. The van der Waals surface area contributed by atoms with E-state index in [0.29, 0.717) is 11.2 Å². The van der Waals surface area contributed by atoms with Crippen LogP contribution in [0.15, 0.2) is 42.6 Å². The van der Waals surface area contributed by atoms with Gasteiger partial charge in [0, 0.05) is 21.4 Å². The van der Waals surface area contributed by atoms with Crippen molar-refractivity contribution in [2.75, 3.05) is 0 Å². The Morgan fingerprint density at radius 2 is 1.89 bits per heavy atom. The van der Waals surface area contributed by atoms with Crippen LogP contribution in [0.1, 0.15) is 5.56 Å². The van der Waals surface area contributed by atoms with Crippen molar-refractivity contribution in [1.82, 2.24) is 14.6 Å². The molecule has 2 aromatic heterocycles. The molecular weight excluding hydrogens is 339 g/mol. The number of pyridine rings is 1. The Morgan fingerprint density at radius 1 is 1.11 bits per heavy atom. The number of nitriles is 1. The summed E-state index contributed by atoms with van der Waals surface area (Å²) in [5.41, 5.74) is 2.28. The molecule has 0 spiro atoms. The normalized spacial score (nSPS) is 10.4. The van der Waals surface area contributed by atoms with E-state index < -0.39 is 0 Å². The monoisotopic (exact) mass is 346 g/mol. The van der Waals surface area contributed by atoms with Crippen LogP contribution < -0.4 is 0 Å². The lowest BCUT2D eigenvalue weighted by Gasteiger charge is -2.00. The smallest absolute Gasteiger partial charge is 0.168 e. The van der Waals surface area contributed by atoms with Crippen molar-refractivity contribution in [2.24, 2.45) is 0 Å². The van der Waals surface area contributed by atoms with Crippen molar-refractivity contribution in [3.63, 3.8) is 0 Å². The largest absolute Gasteiger partial charge is 0.282 e. The molecule has 18 heavy (non-hydrogen) atoms. The number of nitrogens with zero attached hydrogens (tertiary/aromatic N) is 4. The Labute approximate surface area is 117 Å². The highest BCUT2D eigenvalue weighted by Gasteiger charge is 2.08. The predicted molar refractivity (Wildman–Crippen MR) is 75.9 cm³/mol. The molecule has 0 fully saturated rings. The van der Waals surface area contributed by atoms with Gasteiger partial charge in [-0.1, -0.05) is 12.1 Å². The summed E-state index contributed by atoms with van der Waals surface area (Å²) >= 11 is 2.26. The van der Waals surface area contributed by atoms with Crippen LogP contribution in [0, 0.1) is 14.9 Å². The standard InChI is InChI=1S/C13H7IN4/c14-11-3-1-10(2-4-11)13-17-16-12-7-9(8-15)5-6-18(12)13/h1-7H. The molecule has 2 heterocycles. The van der Waals surface area contributed by atoms with Gasteiger partial charge in [-0.15, -0.1) is 10.2 Å². The second-order valence-corrected chi connectivity index (χ2v) is 5.03. The molecule has 0 aliphatic carbocycles. The van der Waals surface area contributed by atoms with E-state index in [1.165, 1.54) is 3.57 Å². The Kier molecular flexibility index (Phi) is 2.72. The number of aromatic nitrogens is 3. The summed E-state index contributed by atoms with van der Waals surface area (Å²) in [6.45, 7) is 0. The van der Waals surface area contributed by atoms with Crippen molar-refractivity contribution in [2.45, 2.75) is 0 Å². The third-order valence-electron chi connectivity index (χ3n) is 2.64. The Hall–Kier alpha value is -1.94. The maximum Gasteiger partial charge on any atom is 0.168 e. The molecule has 0 atom stereocenters. The van der Waals surface area contributed by atoms with Crippen molar-refractivity contribution < 1.29 is 0 Å². The number of rotatable bonds is 1. The van der Waals surface area contributed by atoms with Gasteiger partial charge in [-0.25, -0.2) is 0 Å². The minimum atomic E-state index is 0.587. The van der Waals surface area contributed by atoms with Crippen molar-refractivity contribution >= 4 is 28.2 Å². The third kappa shape index (κ3) is 1.84. The van der Waals surface area contributed by atoms with Gasteiger partial charge in [-0.05, 0) is 40.8 Å². The summed E-state index contributed by atoms with van der Waals surface area (Å²) in [6, 6.07) is 13.7. The lowest BCUT2D eigenvalue weighted by molar-refractivity contribution is 1.11. The fraction of sp³-hybridized carbons (Fsp3) is 0. The molecular formula is C13H7IN4. The molecule has 5 heteroatoms. The lowest BCUT2D eigenvalue weighted by Crippen LogP contribution is -1.89. The second kappa shape index (κ2) is 4.38. The molecule has 0 N–H and O–H groups in total. The molecule has 0 aliphatic heterocycles. The molecule has 0 radical (unpaired) electrons. The van der Waals surface area contributed by atoms with Gasteiger partial charge in [0.25, 0.3) is 0 Å². The first-order valence-corrected chi connectivity index (χ1v) is 6.36. The molecule has 3 rings (SSSR count). The highest BCUT2D eigenvalue weighted by Crippen LogP contribution is 2.19. The fourth-order valence-corrected chi connectivity index (χ4v) is 2.12. The minimum absolute atomic E-state index is 0.587. The summed E-state index contributed by atoms with van der Waals surface area (Å²) in [4.78, 5) is 0. The molecule has 0 saturated carbocycles.